The second-order valence-corrected chi connectivity index (χ2v) is 2.35. The van der Waals surface area contributed by atoms with Gasteiger partial charge in [-0.3, -0.25) is 5.10 Å². The molecule has 2 unspecified atom stereocenters. The SMILES string of the molecule is CC(O)C(N)c1nc(N)n[nH]1. The van der Waals surface area contributed by atoms with E-state index in [4.69, 9.17) is 16.6 Å². The summed E-state index contributed by atoms with van der Waals surface area (Å²) in [5.74, 6) is 0.536. The van der Waals surface area contributed by atoms with Crippen LogP contribution < -0.4 is 11.5 Å². The van der Waals surface area contributed by atoms with Crippen LogP contribution in [0.3, 0.4) is 0 Å². The first-order chi connectivity index (χ1) is 5.11. The number of nitrogens with zero attached hydrogens (tertiary/aromatic N) is 2. The molecule has 1 aromatic heterocycles. The van der Waals surface area contributed by atoms with E-state index in [0.29, 0.717) is 5.82 Å². The van der Waals surface area contributed by atoms with Crippen molar-refractivity contribution >= 4 is 5.95 Å². The van der Waals surface area contributed by atoms with E-state index in [-0.39, 0.29) is 5.95 Å². The molecule has 6 nitrogen and oxygen atoms in total. The van der Waals surface area contributed by atoms with Crippen molar-refractivity contribution in [2.45, 2.75) is 19.1 Å². The predicted molar refractivity (Wildman–Crippen MR) is 39.4 cm³/mol. The van der Waals surface area contributed by atoms with E-state index in [0.717, 1.165) is 0 Å². The molecule has 0 aromatic carbocycles. The number of nitrogen functional groups attached to an aromatic ring is 1. The Balaban J connectivity index is 2.76. The molecule has 0 aliphatic carbocycles. The van der Waals surface area contributed by atoms with Crippen molar-refractivity contribution in [3.05, 3.63) is 5.82 Å². The fourth-order valence-electron chi connectivity index (χ4n) is 0.666. The Morgan fingerprint density at radius 3 is 2.64 bits per heavy atom. The highest BCUT2D eigenvalue weighted by Gasteiger charge is 2.15. The van der Waals surface area contributed by atoms with Gasteiger partial charge in [0.05, 0.1) is 12.1 Å². The zero-order valence-electron chi connectivity index (χ0n) is 6.15. The molecule has 0 spiro atoms. The van der Waals surface area contributed by atoms with Crippen molar-refractivity contribution in [2.75, 3.05) is 5.73 Å². The summed E-state index contributed by atoms with van der Waals surface area (Å²) in [6.07, 6.45) is -0.664. The maximum absolute atomic E-state index is 9.03. The van der Waals surface area contributed by atoms with Gasteiger partial charge in [0.2, 0.25) is 5.95 Å². The standard InChI is InChI=1S/C5H11N5O/c1-2(11)3(6)4-8-5(7)10-9-4/h2-3,11H,6H2,1H3,(H3,7,8,9,10). The van der Waals surface area contributed by atoms with Crippen LogP contribution in [0.25, 0.3) is 0 Å². The van der Waals surface area contributed by atoms with E-state index >= 15 is 0 Å². The molecule has 2 atom stereocenters. The van der Waals surface area contributed by atoms with Crippen LogP contribution in [0.2, 0.25) is 0 Å². The molecule has 0 radical (unpaired) electrons. The van der Waals surface area contributed by atoms with Crippen molar-refractivity contribution in [3.63, 3.8) is 0 Å². The van der Waals surface area contributed by atoms with Gasteiger partial charge in [-0.15, -0.1) is 5.10 Å². The highest BCUT2D eigenvalue weighted by atomic mass is 16.3. The van der Waals surface area contributed by atoms with Gasteiger partial charge in [0.25, 0.3) is 0 Å². The Labute approximate surface area is 63.6 Å². The van der Waals surface area contributed by atoms with E-state index in [9.17, 15) is 0 Å². The summed E-state index contributed by atoms with van der Waals surface area (Å²) in [6.45, 7) is 1.57. The summed E-state index contributed by atoms with van der Waals surface area (Å²) in [5.41, 5.74) is 10.7. The van der Waals surface area contributed by atoms with Crippen molar-refractivity contribution in [3.8, 4) is 0 Å². The lowest BCUT2D eigenvalue weighted by molar-refractivity contribution is 0.161. The van der Waals surface area contributed by atoms with Gasteiger partial charge < -0.3 is 16.6 Å². The van der Waals surface area contributed by atoms with Crippen molar-refractivity contribution < 1.29 is 5.11 Å². The molecule has 0 aliphatic heterocycles. The molecule has 0 bridgehead atoms. The zero-order chi connectivity index (χ0) is 8.43. The van der Waals surface area contributed by atoms with Gasteiger partial charge in [-0.05, 0) is 6.92 Å². The molecule has 62 valence electrons. The van der Waals surface area contributed by atoms with Gasteiger partial charge in [0, 0.05) is 0 Å². The third kappa shape index (κ3) is 1.66. The van der Waals surface area contributed by atoms with Crippen LogP contribution in [0, 0.1) is 0 Å². The smallest absolute Gasteiger partial charge is 0.239 e. The molecule has 0 aliphatic rings. The van der Waals surface area contributed by atoms with E-state index in [2.05, 4.69) is 15.2 Å². The number of aliphatic hydroxyl groups is 1. The minimum absolute atomic E-state index is 0.135. The van der Waals surface area contributed by atoms with E-state index in [1.165, 1.54) is 0 Å². The summed E-state index contributed by atoms with van der Waals surface area (Å²) in [7, 11) is 0. The molecule has 1 aromatic rings. The molecule has 0 amide bonds. The molecule has 0 saturated carbocycles. The number of aromatic amines is 1. The molecule has 0 saturated heterocycles. The third-order valence-corrected chi connectivity index (χ3v) is 1.36. The molecule has 0 fully saturated rings. The van der Waals surface area contributed by atoms with Crippen molar-refractivity contribution in [1.82, 2.24) is 15.2 Å². The van der Waals surface area contributed by atoms with Crippen LogP contribution in [0.5, 0.6) is 0 Å². The van der Waals surface area contributed by atoms with Gasteiger partial charge >= 0.3 is 0 Å². The van der Waals surface area contributed by atoms with Gasteiger partial charge in [0.1, 0.15) is 5.82 Å². The maximum Gasteiger partial charge on any atom is 0.239 e. The monoisotopic (exact) mass is 157 g/mol. The summed E-state index contributed by atoms with van der Waals surface area (Å²) in [5, 5.41) is 15.1. The van der Waals surface area contributed by atoms with Crippen molar-refractivity contribution in [1.29, 1.82) is 0 Å². The van der Waals surface area contributed by atoms with Crippen LogP contribution in [0.1, 0.15) is 18.8 Å². The number of nitrogens with two attached hydrogens (primary N) is 2. The van der Waals surface area contributed by atoms with Crippen LogP contribution in [0.15, 0.2) is 0 Å². The third-order valence-electron chi connectivity index (χ3n) is 1.36. The number of aliphatic hydroxyl groups excluding tert-OH is 1. The molecule has 6 N–H and O–H groups in total. The Kier molecular flexibility index (Phi) is 2.06. The number of aromatic nitrogens is 3. The highest BCUT2D eigenvalue weighted by Crippen LogP contribution is 2.08. The van der Waals surface area contributed by atoms with E-state index < -0.39 is 12.1 Å². The lowest BCUT2D eigenvalue weighted by Gasteiger charge is -2.09. The largest absolute Gasteiger partial charge is 0.391 e. The Bertz CT molecular complexity index is 233. The first kappa shape index (κ1) is 7.96. The molecule has 1 rings (SSSR count). The van der Waals surface area contributed by atoms with Gasteiger partial charge in [-0.25, -0.2) is 0 Å². The number of anilines is 1. The maximum atomic E-state index is 9.03. The number of H-pyrrole nitrogens is 1. The lowest BCUT2D eigenvalue weighted by Crippen LogP contribution is -2.24. The molecular formula is C5H11N5O. The van der Waals surface area contributed by atoms with Gasteiger partial charge in [0.15, 0.2) is 0 Å². The molecular weight excluding hydrogens is 146 g/mol. The minimum atomic E-state index is -0.664. The summed E-state index contributed by atoms with van der Waals surface area (Å²) >= 11 is 0. The predicted octanol–water partition coefficient (Wildman–Crippen LogP) is -1.23. The van der Waals surface area contributed by atoms with E-state index in [1.807, 2.05) is 0 Å². The van der Waals surface area contributed by atoms with Gasteiger partial charge in [-0.2, -0.15) is 4.98 Å². The van der Waals surface area contributed by atoms with Crippen LogP contribution in [-0.2, 0) is 0 Å². The van der Waals surface area contributed by atoms with Crippen LogP contribution in [-0.4, -0.2) is 26.4 Å². The quantitative estimate of drug-likeness (QED) is 0.429. The number of rotatable bonds is 2. The Hall–Kier alpha value is -1.14. The zero-order valence-corrected chi connectivity index (χ0v) is 6.15. The highest BCUT2D eigenvalue weighted by molar-refractivity contribution is 5.14. The average Bonchev–Trinajstić information content (AvgIpc) is 2.34. The second kappa shape index (κ2) is 2.85. The first-order valence-electron chi connectivity index (χ1n) is 3.22. The normalized spacial score (nSPS) is 16.3. The minimum Gasteiger partial charge on any atom is -0.391 e. The molecule has 11 heavy (non-hydrogen) atoms. The van der Waals surface area contributed by atoms with Gasteiger partial charge in [-0.1, -0.05) is 0 Å². The number of nitrogens with one attached hydrogen (secondary N) is 1. The Morgan fingerprint density at radius 1 is 1.64 bits per heavy atom. The topological polar surface area (TPSA) is 114 Å². The summed E-state index contributed by atoms with van der Waals surface area (Å²) in [4.78, 5) is 3.76. The molecule has 1 heterocycles. The van der Waals surface area contributed by atoms with Crippen LogP contribution in [0.4, 0.5) is 5.95 Å². The average molecular weight is 157 g/mol. The summed E-state index contributed by atoms with van der Waals surface area (Å²) in [6, 6.07) is -0.556. The van der Waals surface area contributed by atoms with E-state index in [1.54, 1.807) is 6.92 Å². The fraction of sp³-hybridized carbons (Fsp3) is 0.600. The van der Waals surface area contributed by atoms with Crippen LogP contribution >= 0.6 is 0 Å². The second-order valence-electron chi connectivity index (χ2n) is 2.35. The first-order valence-corrected chi connectivity index (χ1v) is 3.22. The summed E-state index contributed by atoms with van der Waals surface area (Å²) < 4.78 is 0. The Morgan fingerprint density at radius 2 is 2.27 bits per heavy atom. The number of hydrogen-bond donors (Lipinski definition) is 4. The molecule has 6 heteroatoms. The lowest BCUT2D eigenvalue weighted by atomic mass is 10.2. The number of hydrogen-bond acceptors (Lipinski definition) is 5. The van der Waals surface area contributed by atoms with Crippen molar-refractivity contribution in [2.24, 2.45) is 5.73 Å². The fourth-order valence-corrected chi connectivity index (χ4v) is 0.666.